The maximum Gasteiger partial charge on any atom is 0.124 e. The van der Waals surface area contributed by atoms with Gasteiger partial charge in [-0.15, -0.1) is 11.3 Å². The smallest absolute Gasteiger partial charge is 0.124 e. The lowest BCUT2D eigenvalue weighted by molar-refractivity contribution is 0.307. The van der Waals surface area contributed by atoms with Crippen LogP contribution in [0.25, 0.3) is 0 Å². The van der Waals surface area contributed by atoms with Gasteiger partial charge in [0.05, 0.1) is 0 Å². The van der Waals surface area contributed by atoms with Crippen LogP contribution in [0.2, 0.25) is 5.02 Å². The molecule has 0 spiro atoms. The summed E-state index contributed by atoms with van der Waals surface area (Å²) in [6.45, 7) is 6.65. The first-order valence-electron chi connectivity index (χ1n) is 6.36. The standard InChI is InChI=1S/C15H18ClNOS/c1-3-17-9-13-6-7-14(19-13)10-18-15-8-12(16)5-4-11(15)2/h4-8,17H,3,9-10H2,1-2H3. The van der Waals surface area contributed by atoms with Gasteiger partial charge in [0, 0.05) is 21.3 Å². The average molecular weight is 296 g/mol. The highest BCUT2D eigenvalue weighted by molar-refractivity contribution is 7.11. The number of nitrogens with one attached hydrogen (secondary N) is 1. The summed E-state index contributed by atoms with van der Waals surface area (Å²) < 4.78 is 5.83. The van der Waals surface area contributed by atoms with E-state index in [-0.39, 0.29) is 0 Å². The molecule has 0 aliphatic carbocycles. The third-order valence-electron chi connectivity index (χ3n) is 2.79. The topological polar surface area (TPSA) is 21.3 Å². The van der Waals surface area contributed by atoms with Crippen molar-refractivity contribution in [2.24, 2.45) is 0 Å². The normalized spacial score (nSPS) is 10.7. The van der Waals surface area contributed by atoms with Gasteiger partial charge >= 0.3 is 0 Å². The quantitative estimate of drug-likeness (QED) is 0.853. The lowest BCUT2D eigenvalue weighted by Crippen LogP contribution is -2.10. The molecule has 19 heavy (non-hydrogen) atoms. The first-order chi connectivity index (χ1) is 9.19. The zero-order chi connectivity index (χ0) is 13.7. The van der Waals surface area contributed by atoms with Gasteiger partial charge in [-0.2, -0.15) is 0 Å². The molecule has 0 unspecified atom stereocenters. The number of ether oxygens (including phenoxy) is 1. The number of thiophene rings is 1. The molecule has 102 valence electrons. The first kappa shape index (κ1) is 14.4. The summed E-state index contributed by atoms with van der Waals surface area (Å²) in [5, 5.41) is 4.03. The molecular weight excluding hydrogens is 278 g/mol. The van der Waals surface area contributed by atoms with E-state index in [0.717, 1.165) is 24.4 Å². The highest BCUT2D eigenvalue weighted by Gasteiger charge is 2.04. The zero-order valence-electron chi connectivity index (χ0n) is 11.2. The Bertz CT molecular complexity index is 539. The van der Waals surface area contributed by atoms with Gasteiger partial charge in [-0.25, -0.2) is 0 Å². The molecular formula is C15H18ClNOS. The maximum absolute atomic E-state index is 5.97. The molecule has 0 fully saturated rings. The number of hydrogen-bond donors (Lipinski definition) is 1. The third-order valence-corrected chi connectivity index (χ3v) is 4.08. The van der Waals surface area contributed by atoms with Crippen LogP contribution in [-0.2, 0) is 13.2 Å². The lowest BCUT2D eigenvalue weighted by atomic mass is 10.2. The van der Waals surface area contributed by atoms with Crippen molar-refractivity contribution in [3.05, 3.63) is 50.7 Å². The molecule has 1 aromatic heterocycles. The van der Waals surface area contributed by atoms with Crippen LogP contribution in [0.5, 0.6) is 5.75 Å². The van der Waals surface area contributed by atoms with Gasteiger partial charge in [0.25, 0.3) is 0 Å². The van der Waals surface area contributed by atoms with E-state index in [9.17, 15) is 0 Å². The Hall–Kier alpha value is -1.03. The van der Waals surface area contributed by atoms with E-state index in [1.165, 1.54) is 9.75 Å². The fourth-order valence-corrected chi connectivity index (χ4v) is 2.78. The Balaban J connectivity index is 1.94. The fourth-order valence-electron chi connectivity index (χ4n) is 1.72. The molecule has 0 amide bonds. The summed E-state index contributed by atoms with van der Waals surface area (Å²) in [5.41, 5.74) is 1.11. The largest absolute Gasteiger partial charge is 0.488 e. The fraction of sp³-hybridized carbons (Fsp3) is 0.333. The van der Waals surface area contributed by atoms with Gasteiger partial charge in [-0.3, -0.25) is 0 Å². The van der Waals surface area contributed by atoms with Gasteiger partial charge < -0.3 is 10.1 Å². The predicted octanol–water partition coefficient (Wildman–Crippen LogP) is 4.40. The van der Waals surface area contributed by atoms with E-state index >= 15 is 0 Å². The van der Waals surface area contributed by atoms with Gasteiger partial charge in [0.2, 0.25) is 0 Å². The van der Waals surface area contributed by atoms with Crippen LogP contribution in [0.1, 0.15) is 22.2 Å². The molecule has 0 bridgehead atoms. The SMILES string of the molecule is CCNCc1ccc(COc2cc(Cl)ccc2C)s1. The minimum atomic E-state index is 0.595. The number of hydrogen-bond acceptors (Lipinski definition) is 3. The second kappa shape index (κ2) is 6.94. The summed E-state index contributed by atoms with van der Waals surface area (Å²) >= 11 is 7.76. The molecule has 2 aromatic rings. The van der Waals surface area contributed by atoms with Crippen molar-refractivity contribution in [2.75, 3.05) is 6.54 Å². The highest BCUT2D eigenvalue weighted by atomic mass is 35.5. The van der Waals surface area contributed by atoms with Crippen molar-refractivity contribution in [1.29, 1.82) is 0 Å². The third kappa shape index (κ3) is 4.23. The highest BCUT2D eigenvalue weighted by Crippen LogP contribution is 2.25. The van der Waals surface area contributed by atoms with Crippen LogP contribution in [0.15, 0.2) is 30.3 Å². The summed E-state index contributed by atoms with van der Waals surface area (Å²) in [5.74, 6) is 0.856. The molecule has 0 aliphatic rings. The van der Waals surface area contributed by atoms with Crippen LogP contribution in [0.4, 0.5) is 0 Å². The van der Waals surface area contributed by atoms with Crippen molar-refractivity contribution < 1.29 is 4.74 Å². The summed E-state index contributed by atoms with van der Waals surface area (Å²) in [7, 11) is 0. The van der Waals surface area contributed by atoms with Crippen LogP contribution in [-0.4, -0.2) is 6.54 Å². The number of aryl methyl sites for hydroxylation is 1. The van der Waals surface area contributed by atoms with E-state index in [0.29, 0.717) is 11.6 Å². The van der Waals surface area contributed by atoms with E-state index in [1.807, 2.05) is 25.1 Å². The van der Waals surface area contributed by atoms with Crippen molar-refractivity contribution in [3.63, 3.8) is 0 Å². The van der Waals surface area contributed by atoms with Gasteiger partial charge in [-0.05, 0) is 43.3 Å². The van der Waals surface area contributed by atoms with E-state index in [4.69, 9.17) is 16.3 Å². The van der Waals surface area contributed by atoms with Gasteiger partial charge in [0.1, 0.15) is 12.4 Å². The Labute approximate surface area is 123 Å². The first-order valence-corrected chi connectivity index (χ1v) is 7.55. The molecule has 4 heteroatoms. The van der Waals surface area contributed by atoms with Crippen LogP contribution >= 0.6 is 22.9 Å². The van der Waals surface area contributed by atoms with Crippen molar-refractivity contribution in [2.45, 2.75) is 27.0 Å². The predicted molar refractivity (Wildman–Crippen MR) is 82.2 cm³/mol. The second-order valence-electron chi connectivity index (χ2n) is 4.35. The zero-order valence-corrected chi connectivity index (χ0v) is 12.8. The van der Waals surface area contributed by atoms with E-state index in [1.54, 1.807) is 11.3 Å². The molecule has 1 N–H and O–H groups in total. The Kier molecular flexibility index (Phi) is 5.25. The molecule has 0 atom stereocenters. The Morgan fingerprint density at radius 3 is 2.79 bits per heavy atom. The molecule has 1 heterocycles. The lowest BCUT2D eigenvalue weighted by Gasteiger charge is -2.08. The van der Waals surface area contributed by atoms with E-state index in [2.05, 4.69) is 24.4 Å². The summed E-state index contributed by atoms with van der Waals surface area (Å²) in [4.78, 5) is 2.57. The van der Waals surface area contributed by atoms with E-state index < -0.39 is 0 Å². The molecule has 2 nitrogen and oxygen atoms in total. The number of rotatable bonds is 6. The molecule has 0 saturated carbocycles. The molecule has 0 aliphatic heterocycles. The van der Waals surface area contributed by atoms with Gasteiger partial charge in [0.15, 0.2) is 0 Å². The van der Waals surface area contributed by atoms with Crippen LogP contribution in [0, 0.1) is 6.92 Å². The van der Waals surface area contributed by atoms with Crippen molar-refractivity contribution >= 4 is 22.9 Å². The van der Waals surface area contributed by atoms with Crippen molar-refractivity contribution in [1.82, 2.24) is 5.32 Å². The molecule has 2 rings (SSSR count). The number of halogens is 1. The summed E-state index contributed by atoms with van der Waals surface area (Å²) in [6, 6.07) is 9.99. The molecule has 0 saturated heterocycles. The second-order valence-corrected chi connectivity index (χ2v) is 6.04. The van der Waals surface area contributed by atoms with Crippen LogP contribution < -0.4 is 10.1 Å². The Morgan fingerprint density at radius 2 is 2.00 bits per heavy atom. The maximum atomic E-state index is 5.97. The average Bonchev–Trinajstić information content (AvgIpc) is 2.85. The Morgan fingerprint density at radius 1 is 1.21 bits per heavy atom. The minimum absolute atomic E-state index is 0.595. The number of benzene rings is 1. The minimum Gasteiger partial charge on any atom is -0.488 e. The molecule has 0 radical (unpaired) electrons. The van der Waals surface area contributed by atoms with Crippen molar-refractivity contribution in [3.8, 4) is 5.75 Å². The van der Waals surface area contributed by atoms with Crippen LogP contribution in [0.3, 0.4) is 0 Å². The van der Waals surface area contributed by atoms with Gasteiger partial charge in [-0.1, -0.05) is 24.6 Å². The summed E-state index contributed by atoms with van der Waals surface area (Å²) in [6.07, 6.45) is 0. The molecule has 1 aromatic carbocycles. The monoisotopic (exact) mass is 295 g/mol.